The molecule has 6 nitrogen and oxygen atoms in total. The number of aromatic nitrogens is 1. The number of methoxy groups -OCH3 is 1. The second-order valence-electron chi connectivity index (χ2n) is 5.16. The number of morpholine rings is 1. The number of ether oxygens (including phenoxy) is 2. The zero-order chi connectivity index (χ0) is 16.1. The third-order valence-corrected chi connectivity index (χ3v) is 4.57. The zero-order valence-electron chi connectivity index (χ0n) is 12.9. The van der Waals surface area contributed by atoms with Gasteiger partial charge in [0.1, 0.15) is 0 Å². The van der Waals surface area contributed by atoms with Gasteiger partial charge in [0.25, 0.3) is 0 Å². The van der Waals surface area contributed by atoms with E-state index in [0.717, 1.165) is 49.0 Å². The molecule has 1 aromatic carbocycles. The van der Waals surface area contributed by atoms with Gasteiger partial charge in [0, 0.05) is 30.1 Å². The minimum absolute atomic E-state index is 0.503. The molecule has 1 aromatic heterocycles. The minimum atomic E-state index is -0.503. The maximum atomic E-state index is 11.4. The number of thiazole rings is 1. The van der Waals surface area contributed by atoms with Gasteiger partial charge in [0.05, 0.1) is 26.0 Å². The SMILES string of the molecule is COC(=O)Nc1nc(-c2ccccc2)c(CN2CCOCC2)s1. The fraction of sp³-hybridized carbons (Fsp3) is 0.375. The topological polar surface area (TPSA) is 63.7 Å². The number of amides is 1. The van der Waals surface area contributed by atoms with Crippen molar-refractivity contribution >= 4 is 22.6 Å². The lowest BCUT2D eigenvalue weighted by Crippen LogP contribution is -2.35. The van der Waals surface area contributed by atoms with Gasteiger partial charge >= 0.3 is 6.09 Å². The smallest absolute Gasteiger partial charge is 0.413 e. The Morgan fingerprint density at radius 1 is 1.35 bits per heavy atom. The van der Waals surface area contributed by atoms with E-state index in [1.807, 2.05) is 30.3 Å². The molecule has 1 aliphatic rings. The number of benzene rings is 1. The van der Waals surface area contributed by atoms with Gasteiger partial charge in [-0.2, -0.15) is 0 Å². The summed E-state index contributed by atoms with van der Waals surface area (Å²) in [5.41, 5.74) is 1.96. The van der Waals surface area contributed by atoms with Crippen LogP contribution in [-0.2, 0) is 16.0 Å². The first-order valence-electron chi connectivity index (χ1n) is 7.46. The van der Waals surface area contributed by atoms with E-state index in [-0.39, 0.29) is 0 Å². The van der Waals surface area contributed by atoms with Gasteiger partial charge in [0.15, 0.2) is 5.13 Å². The van der Waals surface area contributed by atoms with E-state index < -0.39 is 6.09 Å². The highest BCUT2D eigenvalue weighted by Gasteiger charge is 2.19. The van der Waals surface area contributed by atoms with Crippen molar-refractivity contribution in [3.8, 4) is 11.3 Å². The fourth-order valence-electron chi connectivity index (χ4n) is 2.43. The Balaban J connectivity index is 1.86. The van der Waals surface area contributed by atoms with Crippen LogP contribution in [-0.4, -0.2) is 49.4 Å². The molecule has 2 aromatic rings. The summed E-state index contributed by atoms with van der Waals surface area (Å²) in [4.78, 5) is 19.5. The minimum Gasteiger partial charge on any atom is -0.453 e. The van der Waals surface area contributed by atoms with E-state index in [4.69, 9.17) is 4.74 Å². The Labute approximate surface area is 139 Å². The first-order valence-corrected chi connectivity index (χ1v) is 8.28. The average molecular weight is 333 g/mol. The first-order chi connectivity index (χ1) is 11.3. The molecule has 1 fully saturated rings. The highest BCUT2D eigenvalue weighted by Crippen LogP contribution is 2.32. The summed E-state index contributed by atoms with van der Waals surface area (Å²) in [6.07, 6.45) is -0.503. The van der Waals surface area contributed by atoms with Crippen LogP contribution in [0.4, 0.5) is 9.93 Å². The number of nitrogens with zero attached hydrogens (tertiary/aromatic N) is 2. The predicted octanol–water partition coefficient (Wildman–Crippen LogP) is 2.82. The monoisotopic (exact) mass is 333 g/mol. The fourth-order valence-corrected chi connectivity index (χ4v) is 3.45. The second-order valence-corrected chi connectivity index (χ2v) is 6.25. The Morgan fingerprint density at radius 2 is 2.09 bits per heavy atom. The molecule has 2 heterocycles. The predicted molar refractivity (Wildman–Crippen MR) is 89.7 cm³/mol. The van der Waals surface area contributed by atoms with Crippen molar-refractivity contribution in [2.24, 2.45) is 0 Å². The van der Waals surface area contributed by atoms with E-state index in [2.05, 4.69) is 19.9 Å². The van der Waals surface area contributed by atoms with Gasteiger partial charge in [-0.1, -0.05) is 41.7 Å². The van der Waals surface area contributed by atoms with Gasteiger partial charge in [-0.25, -0.2) is 9.78 Å². The molecule has 0 aliphatic carbocycles. The normalized spacial score (nSPS) is 15.3. The molecule has 0 atom stereocenters. The Kier molecular flexibility index (Phi) is 5.22. The molecule has 0 unspecified atom stereocenters. The number of carbonyl (C=O) groups excluding carboxylic acids is 1. The lowest BCUT2D eigenvalue weighted by molar-refractivity contribution is 0.0347. The molecule has 1 amide bonds. The van der Waals surface area contributed by atoms with Crippen molar-refractivity contribution in [3.63, 3.8) is 0 Å². The van der Waals surface area contributed by atoms with Crippen molar-refractivity contribution in [1.29, 1.82) is 0 Å². The van der Waals surface area contributed by atoms with Crippen molar-refractivity contribution in [1.82, 2.24) is 9.88 Å². The van der Waals surface area contributed by atoms with Crippen LogP contribution in [0, 0.1) is 0 Å². The number of carbonyl (C=O) groups is 1. The van der Waals surface area contributed by atoms with Crippen LogP contribution in [0.5, 0.6) is 0 Å². The molecule has 7 heteroatoms. The molecular weight excluding hydrogens is 314 g/mol. The summed E-state index contributed by atoms with van der Waals surface area (Å²) in [7, 11) is 1.34. The summed E-state index contributed by atoms with van der Waals surface area (Å²) in [6, 6.07) is 10.0. The van der Waals surface area contributed by atoms with Gasteiger partial charge in [0.2, 0.25) is 0 Å². The first kappa shape index (κ1) is 15.9. The van der Waals surface area contributed by atoms with Gasteiger partial charge in [-0.3, -0.25) is 10.2 Å². The van der Waals surface area contributed by atoms with E-state index in [0.29, 0.717) is 5.13 Å². The van der Waals surface area contributed by atoms with Crippen LogP contribution in [0.2, 0.25) is 0 Å². The molecule has 0 spiro atoms. The second kappa shape index (κ2) is 7.54. The Bertz CT molecular complexity index is 654. The molecule has 1 N–H and O–H groups in total. The molecule has 0 bridgehead atoms. The van der Waals surface area contributed by atoms with Crippen molar-refractivity contribution < 1.29 is 14.3 Å². The summed E-state index contributed by atoms with van der Waals surface area (Å²) in [6.45, 7) is 4.13. The third-order valence-electron chi connectivity index (χ3n) is 3.61. The van der Waals surface area contributed by atoms with Crippen LogP contribution in [0.25, 0.3) is 11.3 Å². The maximum Gasteiger partial charge on any atom is 0.413 e. The standard InChI is InChI=1S/C16H19N3O3S/c1-21-16(20)18-15-17-14(12-5-3-2-4-6-12)13(23-15)11-19-7-9-22-10-8-19/h2-6H,7-11H2,1H3,(H,17,18,20). The highest BCUT2D eigenvalue weighted by atomic mass is 32.1. The third kappa shape index (κ3) is 4.07. The lowest BCUT2D eigenvalue weighted by atomic mass is 10.1. The highest BCUT2D eigenvalue weighted by molar-refractivity contribution is 7.16. The van der Waals surface area contributed by atoms with Crippen molar-refractivity contribution in [2.45, 2.75) is 6.54 Å². The van der Waals surface area contributed by atoms with Crippen LogP contribution >= 0.6 is 11.3 Å². The van der Waals surface area contributed by atoms with Gasteiger partial charge in [-0.15, -0.1) is 0 Å². The summed E-state index contributed by atoms with van der Waals surface area (Å²) >= 11 is 1.49. The Morgan fingerprint density at radius 3 is 2.78 bits per heavy atom. The summed E-state index contributed by atoms with van der Waals surface area (Å²) in [5, 5.41) is 3.22. The quantitative estimate of drug-likeness (QED) is 0.932. The largest absolute Gasteiger partial charge is 0.453 e. The lowest BCUT2D eigenvalue weighted by Gasteiger charge is -2.26. The van der Waals surface area contributed by atoms with Crippen LogP contribution in [0.15, 0.2) is 30.3 Å². The average Bonchev–Trinajstić information content (AvgIpc) is 2.98. The molecule has 0 radical (unpaired) electrons. The molecule has 122 valence electrons. The van der Waals surface area contributed by atoms with Crippen molar-refractivity contribution in [3.05, 3.63) is 35.2 Å². The molecular formula is C16H19N3O3S. The van der Waals surface area contributed by atoms with E-state index in [1.165, 1.54) is 18.4 Å². The van der Waals surface area contributed by atoms with E-state index in [9.17, 15) is 4.79 Å². The molecule has 3 rings (SSSR count). The van der Waals surface area contributed by atoms with Crippen LogP contribution in [0.1, 0.15) is 4.88 Å². The molecule has 0 saturated carbocycles. The van der Waals surface area contributed by atoms with Crippen molar-refractivity contribution in [2.75, 3.05) is 38.7 Å². The molecule has 1 saturated heterocycles. The van der Waals surface area contributed by atoms with Crippen LogP contribution < -0.4 is 5.32 Å². The number of anilines is 1. The number of hydrogen-bond donors (Lipinski definition) is 1. The molecule has 1 aliphatic heterocycles. The van der Waals surface area contributed by atoms with Gasteiger partial charge in [-0.05, 0) is 0 Å². The summed E-state index contributed by atoms with van der Waals surface area (Å²) in [5.74, 6) is 0. The molecule has 23 heavy (non-hydrogen) atoms. The summed E-state index contributed by atoms with van der Waals surface area (Å²) < 4.78 is 10.0. The van der Waals surface area contributed by atoms with Gasteiger partial charge < -0.3 is 9.47 Å². The Hall–Kier alpha value is -1.96. The number of hydrogen-bond acceptors (Lipinski definition) is 6. The van der Waals surface area contributed by atoms with Crippen LogP contribution in [0.3, 0.4) is 0 Å². The van der Waals surface area contributed by atoms with E-state index >= 15 is 0 Å². The zero-order valence-corrected chi connectivity index (χ0v) is 13.8. The maximum absolute atomic E-state index is 11.4. The number of rotatable bonds is 4. The van der Waals surface area contributed by atoms with E-state index in [1.54, 1.807) is 0 Å². The number of nitrogens with one attached hydrogen (secondary N) is 1.